The average molecular weight is 437 g/mol. The van der Waals surface area contributed by atoms with Crippen LogP contribution in [0.1, 0.15) is 36.4 Å². The molecule has 7 nitrogen and oxygen atoms in total. The van der Waals surface area contributed by atoms with Crippen LogP contribution in [-0.2, 0) is 16.0 Å². The molecule has 0 bridgehead atoms. The lowest BCUT2D eigenvalue weighted by atomic mass is 9.96. The first kappa shape index (κ1) is 22.1. The number of hydrogen-bond acceptors (Lipinski definition) is 5. The first-order valence-electron chi connectivity index (χ1n) is 11.4. The molecule has 0 radical (unpaired) electrons. The first-order chi connectivity index (χ1) is 15.6. The number of methoxy groups -OCH3 is 1. The summed E-state index contributed by atoms with van der Waals surface area (Å²) < 4.78 is 5.25. The van der Waals surface area contributed by atoms with Crippen LogP contribution in [0.5, 0.6) is 5.75 Å². The Balaban J connectivity index is 1.45. The summed E-state index contributed by atoms with van der Waals surface area (Å²) in [7, 11) is 3.66. The highest BCUT2D eigenvalue weighted by atomic mass is 16.5. The zero-order valence-corrected chi connectivity index (χ0v) is 18.9. The van der Waals surface area contributed by atoms with Crippen LogP contribution in [0.3, 0.4) is 0 Å². The Labute approximate surface area is 189 Å². The Morgan fingerprint density at radius 1 is 1.03 bits per heavy atom. The molecule has 0 unspecified atom stereocenters. The Hall–Kier alpha value is -3.06. The van der Waals surface area contributed by atoms with Gasteiger partial charge in [-0.1, -0.05) is 24.3 Å². The Kier molecular flexibility index (Phi) is 6.95. The second-order valence-corrected chi connectivity index (χ2v) is 8.54. The third kappa shape index (κ3) is 4.88. The van der Waals surface area contributed by atoms with Gasteiger partial charge < -0.3 is 20.3 Å². The minimum Gasteiger partial charge on any atom is -0.495 e. The number of anilines is 2. The van der Waals surface area contributed by atoms with Crippen LogP contribution in [0.2, 0.25) is 0 Å². The lowest BCUT2D eigenvalue weighted by Gasteiger charge is -2.31. The van der Waals surface area contributed by atoms with E-state index in [-0.39, 0.29) is 6.04 Å². The number of rotatable bonds is 6. The van der Waals surface area contributed by atoms with Crippen molar-refractivity contribution in [2.45, 2.75) is 31.7 Å². The van der Waals surface area contributed by atoms with Crippen LogP contribution in [0, 0.1) is 0 Å². The molecule has 2 aliphatic rings. The molecule has 0 aromatic heterocycles. The maximum Gasteiger partial charge on any atom is 0.313 e. The van der Waals surface area contributed by atoms with Crippen LogP contribution in [0.25, 0.3) is 0 Å². The van der Waals surface area contributed by atoms with Gasteiger partial charge >= 0.3 is 11.8 Å². The smallest absolute Gasteiger partial charge is 0.313 e. The molecule has 1 atom stereocenters. The van der Waals surface area contributed by atoms with E-state index in [0.29, 0.717) is 18.0 Å². The number of ether oxygens (including phenoxy) is 1. The molecule has 2 amide bonds. The van der Waals surface area contributed by atoms with E-state index in [4.69, 9.17) is 4.74 Å². The summed E-state index contributed by atoms with van der Waals surface area (Å²) in [6.07, 6.45) is 4.55. The molecule has 0 aliphatic carbocycles. The summed E-state index contributed by atoms with van der Waals surface area (Å²) in [6.45, 7) is 3.49. The fourth-order valence-electron chi connectivity index (χ4n) is 4.72. The Morgan fingerprint density at radius 3 is 2.59 bits per heavy atom. The highest BCUT2D eigenvalue weighted by Gasteiger charge is 2.26. The van der Waals surface area contributed by atoms with E-state index >= 15 is 0 Å². The molecule has 2 aromatic rings. The zero-order valence-electron chi connectivity index (χ0n) is 18.9. The van der Waals surface area contributed by atoms with Gasteiger partial charge in [0.15, 0.2) is 0 Å². The molecule has 2 aliphatic heterocycles. The van der Waals surface area contributed by atoms with Crippen molar-refractivity contribution in [3.05, 3.63) is 53.6 Å². The third-order valence-corrected chi connectivity index (χ3v) is 6.44. The average Bonchev–Trinajstić information content (AvgIpc) is 3.34. The number of carbonyl (C=O) groups is 2. The molecule has 170 valence electrons. The summed E-state index contributed by atoms with van der Waals surface area (Å²) >= 11 is 0. The molecule has 1 saturated heterocycles. The number of carbonyl (C=O) groups excluding carboxylic acids is 2. The molecule has 2 heterocycles. The lowest BCUT2D eigenvalue weighted by molar-refractivity contribution is -0.136. The number of hydrogen-bond donors (Lipinski definition) is 2. The summed E-state index contributed by atoms with van der Waals surface area (Å²) in [4.78, 5) is 29.8. The Morgan fingerprint density at radius 2 is 1.81 bits per heavy atom. The van der Waals surface area contributed by atoms with Gasteiger partial charge in [0.1, 0.15) is 5.75 Å². The first-order valence-corrected chi connectivity index (χ1v) is 11.4. The molecule has 2 aromatic carbocycles. The second kappa shape index (κ2) is 10.0. The van der Waals surface area contributed by atoms with E-state index in [1.807, 2.05) is 6.07 Å². The van der Waals surface area contributed by atoms with Crippen molar-refractivity contribution < 1.29 is 14.3 Å². The topological polar surface area (TPSA) is 73.9 Å². The van der Waals surface area contributed by atoms with E-state index in [9.17, 15) is 9.59 Å². The number of likely N-dealkylation sites (tertiary alicyclic amines) is 1. The molecule has 4 rings (SSSR count). The monoisotopic (exact) mass is 436 g/mol. The molecular formula is C25H32N4O3. The number of aryl methyl sites for hydroxylation is 1. The van der Waals surface area contributed by atoms with Gasteiger partial charge in [-0.2, -0.15) is 0 Å². The lowest BCUT2D eigenvalue weighted by Crippen LogP contribution is -2.41. The summed E-state index contributed by atoms with van der Waals surface area (Å²) in [5.74, 6) is -0.817. The standard InChI is InChI=1S/C25H32N4O3/c1-28-13-7-8-18-16-19(11-12-21(18)28)22(29-14-5-6-15-29)17-26-24(30)25(31)27-20-9-3-4-10-23(20)32-2/h3-4,9-12,16,22H,5-8,13-15,17H2,1-2H3,(H,26,30)(H,27,31)/t22-/m0/s1. The van der Waals surface area contributed by atoms with Gasteiger partial charge in [-0.05, 0) is 68.1 Å². The van der Waals surface area contributed by atoms with E-state index in [1.165, 1.54) is 23.9 Å². The van der Waals surface area contributed by atoms with Gasteiger partial charge in [0, 0.05) is 25.8 Å². The number of amides is 2. The van der Waals surface area contributed by atoms with Crippen molar-refractivity contribution >= 4 is 23.2 Å². The minimum atomic E-state index is -0.693. The van der Waals surface area contributed by atoms with Crippen LogP contribution < -0.4 is 20.3 Å². The van der Waals surface area contributed by atoms with Crippen LogP contribution in [0.15, 0.2) is 42.5 Å². The van der Waals surface area contributed by atoms with E-state index in [0.717, 1.165) is 45.3 Å². The predicted molar refractivity (Wildman–Crippen MR) is 126 cm³/mol. The normalized spacial score (nSPS) is 16.9. The molecular weight excluding hydrogens is 404 g/mol. The zero-order chi connectivity index (χ0) is 22.5. The fraction of sp³-hybridized carbons (Fsp3) is 0.440. The van der Waals surface area contributed by atoms with Gasteiger partial charge in [-0.3, -0.25) is 14.5 Å². The van der Waals surface area contributed by atoms with Crippen LogP contribution >= 0.6 is 0 Å². The number of para-hydroxylation sites is 2. The van der Waals surface area contributed by atoms with Crippen molar-refractivity contribution in [3.63, 3.8) is 0 Å². The number of fused-ring (bicyclic) bond motifs is 1. The Bertz CT molecular complexity index is 971. The maximum absolute atomic E-state index is 12.6. The van der Waals surface area contributed by atoms with Gasteiger partial charge in [0.25, 0.3) is 0 Å². The van der Waals surface area contributed by atoms with Gasteiger partial charge in [0.2, 0.25) is 0 Å². The van der Waals surface area contributed by atoms with Crippen molar-refractivity contribution in [2.75, 3.05) is 50.6 Å². The van der Waals surface area contributed by atoms with Gasteiger partial charge in [-0.25, -0.2) is 0 Å². The summed E-state index contributed by atoms with van der Waals surface area (Å²) in [6, 6.07) is 13.8. The van der Waals surface area contributed by atoms with Crippen molar-refractivity contribution in [3.8, 4) is 5.75 Å². The molecule has 32 heavy (non-hydrogen) atoms. The largest absolute Gasteiger partial charge is 0.495 e. The fourth-order valence-corrected chi connectivity index (χ4v) is 4.72. The van der Waals surface area contributed by atoms with E-state index < -0.39 is 11.8 Å². The maximum atomic E-state index is 12.6. The quantitative estimate of drug-likeness (QED) is 0.681. The van der Waals surface area contributed by atoms with Crippen LogP contribution in [0.4, 0.5) is 11.4 Å². The van der Waals surface area contributed by atoms with E-state index in [2.05, 4.69) is 45.7 Å². The number of nitrogens with zero attached hydrogens (tertiary/aromatic N) is 2. The second-order valence-electron chi connectivity index (χ2n) is 8.54. The minimum absolute atomic E-state index is 0.0537. The molecule has 2 N–H and O–H groups in total. The number of nitrogens with one attached hydrogen (secondary N) is 2. The molecule has 7 heteroatoms. The third-order valence-electron chi connectivity index (χ3n) is 6.44. The molecule has 0 spiro atoms. The molecule has 1 fully saturated rings. The van der Waals surface area contributed by atoms with Crippen molar-refractivity contribution in [2.24, 2.45) is 0 Å². The summed E-state index contributed by atoms with van der Waals surface area (Å²) in [5.41, 5.74) is 4.33. The predicted octanol–water partition coefficient (Wildman–Crippen LogP) is 2.97. The molecule has 0 saturated carbocycles. The summed E-state index contributed by atoms with van der Waals surface area (Å²) in [5, 5.41) is 5.51. The van der Waals surface area contributed by atoms with Gasteiger partial charge in [0.05, 0.1) is 18.8 Å². The van der Waals surface area contributed by atoms with Crippen molar-refractivity contribution in [1.29, 1.82) is 0 Å². The highest BCUT2D eigenvalue weighted by Crippen LogP contribution is 2.32. The van der Waals surface area contributed by atoms with Gasteiger partial charge in [-0.15, -0.1) is 0 Å². The SMILES string of the molecule is COc1ccccc1NC(=O)C(=O)NC[C@@H](c1ccc2c(c1)CCCN2C)N1CCCC1. The van der Waals surface area contributed by atoms with Crippen LogP contribution in [-0.4, -0.2) is 57.1 Å². The number of benzene rings is 2. The highest BCUT2D eigenvalue weighted by molar-refractivity contribution is 6.39. The van der Waals surface area contributed by atoms with E-state index in [1.54, 1.807) is 18.2 Å². The van der Waals surface area contributed by atoms with Crippen molar-refractivity contribution in [1.82, 2.24) is 10.2 Å².